The number of hydrogen-bond acceptors (Lipinski definition) is 4. The summed E-state index contributed by atoms with van der Waals surface area (Å²) in [4.78, 5) is 0. The van der Waals surface area contributed by atoms with Crippen LogP contribution < -0.4 is 32.2 Å². The summed E-state index contributed by atoms with van der Waals surface area (Å²) in [6, 6.07) is 3.33. The van der Waals surface area contributed by atoms with Crippen LogP contribution in [0.25, 0.3) is 0 Å². The summed E-state index contributed by atoms with van der Waals surface area (Å²) in [5.41, 5.74) is 5.78. The van der Waals surface area contributed by atoms with Crippen LogP contribution in [0.15, 0.2) is 12.1 Å². The maximum absolute atomic E-state index is 10.0. The van der Waals surface area contributed by atoms with Crippen LogP contribution in [0.2, 0.25) is 0 Å². The van der Waals surface area contributed by atoms with Crippen molar-refractivity contribution >= 4 is 28.7 Å². The molecule has 0 aliphatic carbocycles. The first-order valence-electron chi connectivity index (χ1n) is 4.64. The molecule has 0 aromatic heterocycles. The number of ether oxygens (including phenoxy) is 2. The SMILES string of the molecule is COc1cc(N)cc(OC)c1C(C)(C)O.[Br-].[CH3-].[Mg+2]. The first kappa shape index (κ1) is 23.0. The number of hydrogen-bond donors (Lipinski definition) is 2. The van der Waals surface area contributed by atoms with Gasteiger partial charge >= 0.3 is 23.1 Å². The van der Waals surface area contributed by atoms with E-state index in [1.54, 1.807) is 26.0 Å². The third kappa shape index (κ3) is 5.22. The maximum Gasteiger partial charge on any atom is 2.00 e. The fraction of sp³-hybridized carbons (Fsp3) is 0.417. The fourth-order valence-corrected chi connectivity index (χ4v) is 1.54. The van der Waals surface area contributed by atoms with Gasteiger partial charge in [0.05, 0.1) is 25.4 Å². The van der Waals surface area contributed by atoms with E-state index in [1.807, 2.05) is 0 Å². The van der Waals surface area contributed by atoms with Gasteiger partial charge in [0, 0.05) is 17.8 Å². The van der Waals surface area contributed by atoms with Gasteiger partial charge < -0.3 is 44.7 Å². The van der Waals surface area contributed by atoms with E-state index >= 15 is 0 Å². The summed E-state index contributed by atoms with van der Waals surface area (Å²) < 4.78 is 10.4. The van der Waals surface area contributed by atoms with Crippen LogP contribution in [0, 0.1) is 7.43 Å². The average molecular weight is 331 g/mol. The molecule has 0 aliphatic rings. The van der Waals surface area contributed by atoms with Crippen molar-refractivity contribution in [3.63, 3.8) is 0 Å². The van der Waals surface area contributed by atoms with Crippen molar-refractivity contribution in [2.45, 2.75) is 19.4 Å². The molecule has 0 aliphatic heterocycles. The Morgan fingerprint density at radius 1 is 1.11 bits per heavy atom. The molecule has 0 fully saturated rings. The third-order valence-corrected chi connectivity index (χ3v) is 2.14. The van der Waals surface area contributed by atoms with E-state index in [1.165, 1.54) is 14.2 Å². The zero-order valence-electron chi connectivity index (χ0n) is 11.6. The molecule has 0 atom stereocenters. The molecular weight excluding hydrogens is 310 g/mol. The van der Waals surface area contributed by atoms with Crippen molar-refractivity contribution in [1.82, 2.24) is 0 Å². The molecule has 0 saturated heterocycles. The summed E-state index contributed by atoms with van der Waals surface area (Å²) >= 11 is 0. The minimum absolute atomic E-state index is 0. The molecule has 1 aromatic rings. The average Bonchev–Trinajstić information content (AvgIpc) is 2.14. The molecule has 0 heterocycles. The van der Waals surface area contributed by atoms with Gasteiger partial charge in [0.2, 0.25) is 0 Å². The normalized spacial score (nSPS) is 9.39. The van der Waals surface area contributed by atoms with Gasteiger partial charge in [-0.15, -0.1) is 0 Å². The van der Waals surface area contributed by atoms with Crippen LogP contribution in [-0.2, 0) is 5.60 Å². The largest absolute Gasteiger partial charge is 2.00 e. The molecule has 0 amide bonds. The van der Waals surface area contributed by atoms with E-state index in [0.717, 1.165) is 0 Å². The van der Waals surface area contributed by atoms with Crippen molar-refractivity contribution in [3.05, 3.63) is 25.1 Å². The second kappa shape index (κ2) is 8.85. The van der Waals surface area contributed by atoms with E-state index in [0.29, 0.717) is 22.7 Å². The van der Waals surface area contributed by atoms with Gasteiger partial charge in [-0.1, -0.05) is 0 Å². The predicted molar refractivity (Wildman–Crippen MR) is 71.4 cm³/mol. The monoisotopic (exact) mass is 329 g/mol. The molecule has 1 aromatic carbocycles. The van der Waals surface area contributed by atoms with Crippen molar-refractivity contribution < 1.29 is 31.6 Å². The predicted octanol–water partition coefficient (Wildman–Crippen LogP) is -1.41. The van der Waals surface area contributed by atoms with Crippen molar-refractivity contribution in [2.75, 3.05) is 20.0 Å². The zero-order chi connectivity index (χ0) is 11.6. The first-order valence-corrected chi connectivity index (χ1v) is 4.64. The van der Waals surface area contributed by atoms with Gasteiger partial charge in [-0.3, -0.25) is 0 Å². The minimum Gasteiger partial charge on any atom is -1.00 e. The number of nitrogen functional groups attached to an aromatic ring is 1. The molecule has 0 saturated carbocycles. The smallest absolute Gasteiger partial charge is 1.00 e. The number of aliphatic hydroxyl groups is 1. The van der Waals surface area contributed by atoms with Crippen molar-refractivity contribution in [1.29, 1.82) is 0 Å². The second-order valence-electron chi connectivity index (χ2n) is 3.86. The van der Waals surface area contributed by atoms with Crippen LogP contribution in [0.3, 0.4) is 0 Å². The minimum atomic E-state index is -1.04. The number of methoxy groups -OCH3 is 2. The number of benzene rings is 1. The Bertz CT molecular complexity index is 342. The Morgan fingerprint density at radius 3 is 1.67 bits per heavy atom. The van der Waals surface area contributed by atoms with Crippen LogP contribution in [0.5, 0.6) is 11.5 Å². The number of nitrogens with two attached hydrogens (primary N) is 1. The van der Waals surface area contributed by atoms with Gasteiger partial charge in [0.1, 0.15) is 11.5 Å². The van der Waals surface area contributed by atoms with Crippen LogP contribution in [0.4, 0.5) is 5.69 Å². The molecule has 3 N–H and O–H groups in total. The second-order valence-corrected chi connectivity index (χ2v) is 3.86. The van der Waals surface area contributed by atoms with E-state index in [9.17, 15) is 5.11 Å². The Hall–Kier alpha value is -0.174. The van der Waals surface area contributed by atoms with Crippen LogP contribution >= 0.6 is 0 Å². The summed E-state index contributed by atoms with van der Waals surface area (Å²) in [5, 5.41) is 10.0. The summed E-state index contributed by atoms with van der Waals surface area (Å²) in [6.45, 7) is 3.34. The van der Waals surface area contributed by atoms with Gasteiger partial charge in [-0.2, -0.15) is 0 Å². The van der Waals surface area contributed by atoms with Gasteiger partial charge in [0.25, 0.3) is 0 Å². The van der Waals surface area contributed by atoms with Crippen LogP contribution in [0.1, 0.15) is 19.4 Å². The molecular formula is C12H20BrMgNO3. The van der Waals surface area contributed by atoms with Gasteiger partial charge in [0.15, 0.2) is 0 Å². The Labute approximate surface area is 136 Å². The van der Waals surface area contributed by atoms with Crippen LogP contribution in [-0.4, -0.2) is 42.4 Å². The van der Waals surface area contributed by atoms with E-state index in [-0.39, 0.29) is 47.5 Å². The molecule has 0 spiro atoms. The number of anilines is 1. The zero-order valence-corrected chi connectivity index (χ0v) is 14.6. The molecule has 1 rings (SSSR count). The van der Waals surface area contributed by atoms with E-state index in [4.69, 9.17) is 15.2 Å². The summed E-state index contributed by atoms with van der Waals surface area (Å²) in [5.74, 6) is 1.05. The summed E-state index contributed by atoms with van der Waals surface area (Å²) in [6.07, 6.45) is 0. The standard InChI is InChI=1S/C11H17NO3.CH3.BrH.Mg/c1-11(2,13)10-8(14-3)5-7(12)6-9(10)15-4;;;/h5-6,13H,12H2,1-4H3;1H3;1H;/q;-1;;+2/p-1. The molecule has 100 valence electrons. The number of halogens is 1. The first-order chi connectivity index (χ1) is 6.90. The quantitative estimate of drug-likeness (QED) is 0.406. The van der Waals surface area contributed by atoms with Crippen molar-refractivity contribution in [3.8, 4) is 11.5 Å². The Balaban J connectivity index is -0.000000750. The fourth-order valence-electron chi connectivity index (χ4n) is 1.54. The van der Waals surface area contributed by atoms with Gasteiger partial charge in [-0.05, 0) is 13.8 Å². The van der Waals surface area contributed by atoms with E-state index in [2.05, 4.69) is 0 Å². The third-order valence-electron chi connectivity index (χ3n) is 2.14. The molecule has 0 radical (unpaired) electrons. The number of rotatable bonds is 3. The topological polar surface area (TPSA) is 64.7 Å². The molecule has 6 heteroatoms. The van der Waals surface area contributed by atoms with Crippen molar-refractivity contribution in [2.24, 2.45) is 0 Å². The van der Waals surface area contributed by atoms with E-state index < -0.39 is 5.60 Å². The maximum atomic E-state index is 10.0. The molecule has 0 bridgehead atoms. The molecule has 0 unspecified atom stereocenters. The molecule has 4 nitrogen and oxygen atoms in total. The Kier molecular flexibility index (Phi) is 11.3. The summed E-state index contributed by atoms with van der Waals surface area (Å²) in [7, 11) is 3.06. The Morgan fingerprint density at radius 2 is 1.44 bits per heavy atom. The van der Waals surface area contributed by atoms with Gasteiger partial charge in [-0.25, -0.2) is 0 Å². The molecule has 18 heavy (non-hydrogen) atoms.